The van der Waals surface area contributed by atoms with E-state index < -0.39 is 0 Å². The first-order chi connectivity index (χ1) is 12.7. The quantitative estimate of drug-likeness (QED) is 0.816. The molecule has 1 fully saturated rings. The highest BCUT2D eigenvalue weighted by molar-refractivity contribution is 6.31. The summed E-state index contributed by atoms with van der Waals surface area (Å²) >= 11 is 6.33. The number of carbonyl (C=O) groups is 1. The van der Waals surface area contributed by atoms with Crippen molar-refractivity contribution in [3.05, 3.63) is 70.2 Å². The lowest BCUT2D eigenvalue weighted by Crippen LogP contribution is -2.44. The van der Waals surface area contributed by atoms with Crippen molar-refractivity contribution >= 4 is 17.5 Å². The van der Waals surface area contributed by atoms with Gasteiger partial charge in [0.2, 0.25) is 5.91 Å². The molecule has 3 nitrogen and oxygen atoms in total. The number of nitrogens with zero attached hydrogens (tertiary/aromatic N) is 2. The van der Waals surface area contributed by atoms with Gasteiger partial charge in [-0.1, -0.05) is 54.1 Å². The van der Waals surface area contributed by atoms with E-state index in [1.807, 2.05) is 23.1 Å². The van der Waals surface area contributed by atoms with Gasteiger partial charge in [0.05, 0.1) is 6.54 Å². The largest absolute Gasteiger partial charge is 0.337 e. The van der Waals surface area contributed by atoms with Crippen LogP contribution in [0.2, 0.25) is 5.02 Å². The topological polar surface area (TPSA) is 23.6 Å². The van der Waals surface area contributed by atoms with Gasteiger partial charge in [0.1, 0.15) is 0 Å². The Kier molecular flexibility index (Phi) is 5.28. The molecule has 0 saturated carbocycles. The SMILES string of the molecule is O=C(CN1CCCC1Cc1ccccc1Cl)N1CCc2ccccc2C1. The first kappa shape index (κ1) is 17.6. The zero-order valence-electron chi connectivity index (χ0n) is 15.0. The van der Waals surface area contributed by atoms with Gasteiger partial charge in [0.15, 0.2) is 0 Å². The summed E-state index contributed by atoms with van der Waals surface area (Å²) in [5.74, 6) is 0.255. The summed E-state index contributed by atoms with van der Waals surface area (Å²) in [7, 11) is 0. The number of halogens is 1. The third-order valence-corrected chi connectivity index (χ3v) is 6.10. The van der Waals surface area contributed by atoms with E-state index in [9.17, 15) is 4.79 Å². The second-order valence-electron chi connectivity index (χ2n) is 7.40. The number of fused-ring (bicyclic) bond motifs is 1. The Morgan fingerprint density at radius 1 is 1.04 bits per heavy atom. The average Bonchev–Trinajstić information content (AvgIpc) is 3.10. The Balaban J connectivity index is 1.39. The van der Waals surface area contributed by atoms with Crippen LogP contribution in [0.15, 0.2) is 48.5 Å². The number of hydrogen-bond donors (Lipinski definition) is 0. The molecule has 1 saturated heterocycles. The Bertz CT molecular complexity index is 791. The van der Waals surface area contributed by atoms with Crippen LogP contribution in [0.5, 0.6) is 0 Å². The van der Waals surface area contributed by atoms with Crippen LogP contribution < -0.4 is 0 Å². The summed E-state index contributed by atoms with van der Waals surface area (Å²) in [4.78, 5) is 17.3. The molecule has 26 heavy (non-hydrogen) atoms. The monoisotopic (exact) mass is 368 g/mol. The minimum Gasteiger partial charge on any atom is -0.337 e. The molecule has 0 N–H and O–H groups in total. The first-order valence-corrected chi connectivity index (χ1v) is 9.90. The molecule has 2 aliphatic rings. The Morgan fingerprint density at radius 3 is 2.65 bits per heavy atom. The minimum absolute atomic E-state index is 0.255. The van der Waals surface area contributed by atoms with Crippen molar-refractivity contribution in [1.29, 1.82) is 0 Å². The normalized spacial score (nSPS) is 20.2. The molecule has 2 aromatic carbocycles. The third-order valence-electron chi connectivity index (χ3n) is 5.73. The number of benzene rings is 2. The highest BCUT2D eigenvalue weighted by atomic mass is 35.5. The second kappa shape index (κ2) is 7.81. The standard InChI is InChI=1S/C22H25ClN2O/c23-21-10-4-3-7-18(21)14-20-9-5-12-24(20)16-22(26)25-13-11-17-6-1-2-8-19(17)15-25/h1-4,6-8,10,20H,5,9,11-16H2. The molecule has 2 heterocycles. The second-order valence-corrected chi connectivity index (χ2v) is 7.80. The maximum absolute atomic E-state index is 12.9. The minimum atomic E-state index is 0.255. The summed E-state index contributed by atoms with van der Waals surface area (Å²) in [6, 6.07) is 16.9. The van der Waals surface area contributed by atoms with Crippen LogP contribution in [-0.4, -0.2) is 41.4 Å². The van der Waals surface area contributed by atoms with Gasteiger partial charge in [-0.25, -0.2) is 0 Å². The predicted molar refractivity (Wildman–Crippen MR) is 105 cm³/mol. The van der Waals surface area contributed by atoms with Crippen LogP contribution in [0.1, 0.15) is 29.5 Å². The summed E-state index contributed by atoms with van der Waals surface area (Å²) < 4.78 is 0. The van der Waals surface area contributed by atoms with Crippen LogP contribution in [0.25, 0.3) is 0 Å². The van der Waals surface area contributed by atoms with Crippen LogP contribution in [0.3, 0.4) is 0 Å². The Morgan fingerprint density at radius 2 is 1.81 bits per heavy atom. The summed E-state index contributed by atoms with van der Waals surface area (Å²) in [5, 5.41) is 0.832. The van der Waals surface area contributed by atoms with E-state index in [4.69, 9.17) is 11.6 Å². The van der Waals surface area contributed by atoms with E-state index in [-0.39, 0.29) is 5.91 Å². The van der Waals surface area contributed by atoms with Gasteiger partial charge in [0, 0.05) is 24.2 Å². The predicted octanol–water partition coefficient (Wildman–Crippen LogP) is 3.93. The number of hydrogen-bond acceptors (Lipinski definition) is 2. The number of rotatable bonds is 4. The lowest BCUT2D eigenvalue weighted by molar-refractivity contribution is -0.133. The van der Waals surface area contributed by atoms with Gasteiger partial charge in [-0.2, -0.15) is 0 Å². The first-order valence-electron chi connectivity index (χ1n) is 9.53. The number of carbonyl (C=O) groups excluding carboxylic acids is 1. The number of amides is 1. The van der Waals surface area contributed by atoms with Gasteiger partial charge >= 0.3 is 0 Å². The Hall–Kier alpha value is -1.84. The third kappa shape index (κ3) is 3.79. The van der Waals surface area contributed by atoms with E-state index in [1.165, 1.54) is 16.7 Å². The molecular formula is C22H25ClN2O. The average molecular weight is 369 g/mol. The molecule has 136 valence electrons. The lowest BCUT2D eigenvalue weighted by atomic mass is 10.00. The molecule has 4 heteroatoms. The van der Waals surface area contributed by atoms with Gasteiger partial charge in [-0.3, -0.25) is 9.69 Å². The van der Waals surface area contributed by atoms with Crippen LogP contribution >= 0.6 is 11.6 Å². The van der Waals surface area contributed by atoms with Crippen molar-refractivity contribution in [2.24, 2.45) is 0 Å². The molecule has 1 amide bonds. The molecule has 2 aromatic rings. The summed E-state index contributed by atoms with van der Waals surface area (Å²) in [6.45, 7) is 3.11. The smallest absolute Gasteiger partial charge is 0.237 e. The molecule has 0 radical (unpaired) electrons. The highest BCUT2D eigenvalue weighted by Crippen LogP contribution is 2.25. The fourth-order valence-electron chi connectivity index (χ4n) is 4.23. The van der Waals surface area contributed by atoms with E-state index in [1.54, 1.807) is 0 Å². The molecule has 0 aromatic heterocycles. The van der Waals surface area contributed by atoms with E-state index in [0.717, 1.165) is 50.3 Å². The highest BCUT2D eigenvalue weighted by Gasteiger charge is 2.29. The molecular weight excluding hydrogens is 344 g/mol. The zero-order valence-corrected chi connectivity index (χ0v) is 15.8. The van der Waals surface area contributed by atoms with Gasteiger partial charge < -0.3 is 4.90 Å². The van der Waals surface area contributed by atoms with Gasteiger partial charge in [-0.15, -0.1) is 0 Å². The van der Waals surface area contributed by atoms with Gasteiger partial charge in [0.25, 0.3) is 0 Å². The van der Waals surface area contributed by atoms with Crippen molar-refractivity contribution in [3.63, 3.8) is 0 Å². The molecule has 0 aliphatic carbocycles. The van der Waals surface area contributed by atoms with E-state index in [0.29, 0.717) is 12.6 Å². The summed E-state index contributed by atoms with van der Waals surface area (Å²) in [5.41, 5.74) is 3.86. The van der Waals surface area contributed by atoms with Crippen LogP contribution in [0, 0.1) is 0 Å². The van der Waals surface area contributed by atoms with E-state index >= 15 is 0 Å². The van der Waals surface area contributed by atoms with Crippen LogP contribution in [-0.2, 0) is 24.2 Å². The Labute approximate surface area is 160 Å². The zero-order chi connectivity index (χ0) is 17.9. The molecule has 0 bridgehead atoms. The molecule has 0 spiro atoms. The van der Waals surface area contributed by atoms with Crippen molar-refractivity contribution in [2.45, 2.75) is 38.3 Å². The molecule has 1 atom stereocenters. The molecule has 1 unspecified atom stereocenters. The van der Waals surface area contributed by atoms with Crippen molar-refractivity contribution < 1.29 is 4.79 Å². The van der Waals surface area contributed by atoms with Crippen molar-refractivity contribution in [2.75, 3.05) is 19.6 Å². The maximum atomic E-state index is 12.9. The summed E-state index contributed by atoms with van der Waals surface area (Å²) in [6.07, 6.45) is 4.19. The maximum Gasteiger partial charge on any atom is 0.237 e. The fourth-order valence-corrected chi connectivity index (χ4v) is 4.45. The fraction of sp³-hybridized carbons (Fsp3) is 0.409. The molecule has 2 aliphatic heterocycles. The lowest BCUT2D eigenvalue weighted by Gasteiger charge is -2.32. The van der Waals surface area contributed by atoms with Gasteiger partial charge in [-0.05, 0) is 55.0 Å². The van der Waals surface area contributed by atoms with Crippen molar-refractivity contribution in [1.82, 2.24) is 9.80 Å². The van der Waals surface area contributed by atoms with Crippen molar-refractivity contribution in [3.8, 4) is 0 Å². The van der Waals surface area contributed by atoms with E-state index in [2.05, 4.69) is 35.2 Å². The number of likely N-dealkylation sites (tertiary alicyclic amines) is 1. The molecule has 4 rings (SSSR count). The van der Waals surface area contributed by atoms with Crippen LogP contribution in [0.4, 0.5) is 0 Å².